The van der Waals surface area contributed by atoms with Gasteiger partial charge in [-0.25, -0.2) is 4.79 Å². The van der Waals surface area contributed by atoms with E-state index >= 15 is 0 Å². The van der Waals surface area contributed by atoms with Crippen molar-refractivity contribution >= 4 is 18.0 Å². The highest BCUT2D eigenvalue weighted by atomic mass is 16.5. The zero-order valence-corrected chi connectivity index (χ0v) is 18.6. The number of amides is 2. The van der Waals surface area contributed by atoms with Crippen molar-refractivity contribution in [1.29, 1.82) is 0 Å². The van der Waals surface area contributed by atoms with E-state index in [9.17, 15) is 14.4 Å². The van der Waals surface area contributed by atoms with Gasteiger partial charge in [0.15, 0.2) is 0 Å². The van der Waals surface area contributed by atoms with E-state index in [1.165, 1.54) is 7.05 Å². The summed E-state index contributed by atoms with van der Waals surface area (Å²) in [6.07, 6.45) is -0.368. The Bertz CT molecular complexity index is 946. The average Bonchev–Trinajstić information content (AvgIpc) is 3.08. The van der Waals surface area contributed by atoms with Gasteiger partial charge >= 0.3 is 12.1 Å². The Morgan fingerprint density at radius 2 is 1.56 bits per heavy atom. The van der Waals surface area contributed by atoms with Crippen LogP contribution in [0.4, 0.5) is 4.79 Å². The zero-order valence-electron chi connectivity index (χ0n) is 18.6. The van der Waals surface area contributed by atoms with Crippen LogP contribution in [0, 0.1) is 0 Å². The lowest BCUT2D eigenvalue weighted by Crippen LogP contribution is -2.49. The number of fused-ring (bicyclic) bond motifs is 3. The summed E-state index contributed by atoms with van der Waals surface area (Å²) in [4.78, 5) is 39.2. The van der Waals surface area contributed by atoms with E-state index in [1.54, 1.807) is 0 Å². The number of carboxylic acids is 1. The van der Waals surface area contributed by atoms with Gasteiger partial charge in [-0.3, -0.25) is 9.59 Å². The lowest BCUT2D eigenvalue weighted by atomic mass is 9.98. The highest BCUT2D eigenvalue weighted by Crippen LogP contribution is 2.44. The van der Waals surface area contributed by atoms with E-state index in [0.29, 0.717) is 13.0 Å². The van der Waals surface area contributed by atoms with E-state index in [0.717, 1.165) is 27.2 Å². The predicted molar refractivity (Wildman–Crippen MR) is 120 cm³/mol. The Hall–Kier alpha value is -3.39. The molecule has 0 saturated carbocycles. The van der Waals surface area contributed by atoms with Gasteiger partial charge < -0.3 is 25.0 Å². The second kappa shape index (κ2) is 10.3. The maximum absolute atomic E-state index is 12.7. The number of carbonyl (C=O) groups is 3. The van der Waals surface area contributed by atoms with Crippen LogP contribution in [0.3, 0.4) is 0 Å². The molecule has 2 amide bonds. The van der Waals surface area contributed by atoms with Crippen LogP contribution in [0.5, 0.6) is 0 Å². The lowest BCUT2D eigenvalue weighted by Gasteiger charge is -2.24. The molecule has 1 atom stereocenters. The fourth-order valence-corrected chi connectivity index (χ4v) is 3.97. The van der Waals surface area contributed by atoms with Crippen LogP contribution in [-0.4, -0.2) is 79.8 Å². The second-order valence-corrected chi connectivity index (χ2v) is 8.20. The van der Waals surface area contributed by atoms with Crippen molar-refractivity contribution in [1.82, 2.24) is 15.1 Å². The molecule has 0 aliphatic heterocycles. The van der Waals surface area contributed by atoms with Crippen LogP contribution in [-0.2, 0) is 14.3 Å². The van der Waals surface area contributed by atoms with Crippen molar-refractivity contribution in [2.24, 2.45) is 0 Å². The Morgan fingerprint density at radius 3 is 2.09 bits per heavy atom. The number of nitrogens with one attached hydrogen (secondary N) is 1. The molecule has 2 aromatic rings. The Labute approximate surface area is 187 Å². The molecule has 1 aliphatic rings. The average molecular weight is 440 g/mol. The van der Waals surface area contributed by atoms with Crippen molar-refractivity contribution < 1.29 is 24.2 Å². The fraction of sp³-hybridized carbons (Fsp3) is 0.375. The Kier molecular flexibility index (Phi) is 7.48. The molecule has 3 rings (SSSR count). The summed E-state index contributed by atoms with van der Waals surface area (Å²) < 4.78 is 5.54. The number of likely N-dealkylation sites (N-methyl/N-ethyl adjacent to an activating group) is 1. The van der Waals surface area contributed by atoms with Crippen LogP contribution in [0.15, 0.2) is 48.5 Å². The van der Waals surface area contributed by atoms with Gasteiger partial charge in [0, 0.05) is 13.0 Å². The molecule has 0 fully saturated rings. The van der Waals surface area contributed by atoms with E-state index in [4.69, 9.17) is 9.84 Å². The molecule has 0 saturated heterocycles. The SMILES string of the molecule is CN(C)CCC(NC(=O)OCC1c2ccccc2-c2ccccc21)C(=O)N(C)CC(=O)O. The third kappa shape index (κ3) is 5.45. The van der Waals surface area contributed by atoms with Gasteiger partial charge in [0.2, 0.25) is 5.91 Å². The molecule has 0 heterocycles. The summed E-state index contributed by atoms with van der Waals surface area (Å²) in [5.74, 6) is -1.67. The van der Waals surface area contributed by atoms with Crippen LogP contribution < -0.4 is 5.32 Å². The van der Waals surface area contributed by atoms with Crippen molar-refractivity contribution in [3.8, 4) is 11.1 Å². The van der Waals surface area contributed by atoms with Gasteiger partial charge in [0.1, 0.15) is 19.2 Å². The van der Waals surface area contributed by atoms with Crippen molar-refractivity contribution in [3.63, 3.8) is 0 Å². The minimum Gasteiger partial charge on any atom is -0.480 e. The minimum atomic E-state index is -1.12. The van der Waals surface area contributed by atoms with Crippen LogP contribution in [0.25, 0.3) is 11.1 Å². The van der Waals surface area contributed by atoms with E-state index < -0.39 is 30.6 Å². The summed E-state index contributed by atoms with van der Waals surface area (Å²) >= 11 is 0. The normalized spacial score (nSPS) is 13.2. The number of alkyl carbamates (subject to hydrolysis) is 1. The zero-order chi connectivity index (χ0) is 23.3. The molecule has 2 N–H and O–H groups in total. The first-order chi connectivity index (χ1) is 15.3. The predicted octanol–water partition coefficient (Wildman–Crippen LogP) is 2.39. The molecule has 32 heavy (non-hydrogen) atoms. The molecule has 8 heteroatoms. The second-order valence-electron chi connectivity index (χ2n) is 8.20. The monoisotopic (exact) mass is 439 g/mol. The molecular formula is C24H29N3O5. The van der Waals surface area contributed by atoms with Gasteiger partial charge in [-0.2, -0.15) is 0 Å². The highest BCUT2D eigenvalue weighted by molar-refractivity contribution is 5.88. The van der Waals surface area contributed by atoms with Gasteiger partial charge in [-0.05, 0) is 49.3 Å². The van der Waals surface area contributed by atoms with Crippen LogP contribution in [0.1, 0.15) is 23.5 Å². The molecule has 0 aromatic heterocycles. The number of aliphatic carboxylic acids is 1. The van der Waals surface area contributed by atoms with Gasteiger partial charge in [-0.1, -0.05) is 48.5 Å². The largest absolute Gasteiger partial charge is 0.480 e. The first-order valence-corrected chi connectivity index (χ1v) is 10.5. The Morgan fingerprint density at radius 1 is 1.00 bits per heavy atom. The molecule has 0 radical (unpaired) electrons. The molecular weight excluding hydrogens is 410 g/mol. The number of carboxylic acid groups (broad SMARTS) is 1. The molecule has 8 nitrogen and oxygen atoms in total. The van der Waals surface area contributed by atoms with E-state index in [1.807, 2.05) is 55.4 Å². The summed E-state index contributed by atoms with van der Waals surface area (Å²) in [5.41, 5.74) is 4.46. The number of rotatable bonds is 9. The number of benzene rings is 2. The maximum atomic E-state index is 12.7. The third-order valence-corrected chi connectivity index (χ3v) is 5.55. The standard InChI is InChI=1S/C24H29N3O5/c1-26(2)13-12-21(23(30)27(3)14-22(28)29)25-24(31)32-15-20-18-10-6-4-8-16(18)17-9-5-7-11-19(17)20/h4-11,20-21H,12-15H2,1-3H3,(H,25,31)(H,28,29). The van der Waals surface area contributed by atoms with Crippen LogP contribution >= 0.6 is 0 Å². The quantitative estimate of drug-likeness (QED) is 0.623. The number of nitrogens with zero attached hydrogens (tertiary/aromatic N) is 2. The van der Waals surface area contributed by atoms with Crippen molar-refractivity contribution in [3.05, 3.63) is 59.7 Å². The summed E-state index contributed by atoms with van der Waals surface area (Å²) in [7, 11) is 5.12. The maximum Gasteiger partial charge on any atom is 0.407 e. The smallest absolute Gasteiger partial charge is 0.407 e. The lowest BCUT2D eigenvalue weighted by molar-refractivity contribution is -0.144. The number of ether oxygens (including phenoxy) is 1. The molecule has 2 aromatic carbocycles. The van der Waals surface area contributed by atoms with Crippen LogP contribution in [0.2, 0.25) is 0 Å². The first kappa shape index (κ1) is 23.3. The highest BCUT2D eigenvalue weighted by Gasteiger charge is 2.30. The molecule has 0 bridgehead atoms. The van der Waals surface area contributed by atoms with Gasteiger partial charge in [0.05, 0.1) is 0 Å². The summed E-state index contributed by atoms with van der Waals surface area (Å²) in [6.45, 7) is 0.240. The first-order valence-electron chi connectivity index (χ1n) is 10.5. The topological polar surface area (TPSA) is 99.2 Å². The third-order valence-electron chi connectivity index (χ3n) is 5.55. The van der Waals surface area contributed by atoms with Crippen molar-refractivity contribution in [2.75, 3.05) is 40.8 Å². The molecule has 170 valence electrons. The molecule has 0 spiro atoms. The van der Waals surface area contributed by atoms with Gasteiger partial charge in [0.25, 0.3) is 0 Å². The number of hydrogen-bond acceptors (Lipinski definition) is 5. The summed E-state index contributed by atoms with van der Waals surface area (Å²) in [6, 6.07) is 15.2. The minimum absolute atomic E-state index is 0.0845. The van der Waals surface area contributed by atoms with E-state index in [2.05, 4.69) is 17.4 Å². The van der Waals surface area contributed by atoms with Gasteiger partial charge in [-0.15, -0.1) is 0 Å². The fourth-order valence-electron chi connectivity index (χ4n) is 3.97. The van der Waals surface area contributed by atoms with E-state index in [-0.39, 0.29) is 12.5 Å². The molecule has 1 unspecified atom stereocenters. The molecule has 1 aliphatic carbocycles. The number of carbonyl (C=O) groups excluding carboxylic acids is 2. The number of hydrogen-bond donors (Lipinski definition) is 2. The Balaban J connectivity index is 1.67. The summed E-state index contributed by atoms with van der Waals surface area (Å²) in [5, 5.41) is 11.6. The van der Waals surface area contributed by atoms with Crippen molar-refractivity contribution in [2.45, 2.75) is 18.4 Å².